The summed E-state index contributed by atoms with van der Waals surface area (Å²) in [6.07, 6.45) is 2.20. The van der Waals surface area contributed by atoms with Crippen LogP contribution in [0.2, 0.25) is 0 Å². The molecule has 2 aromatic heterocycles. The van der Waals surface area contributed by atoms with Gasteiger partial charge in [-0.1, -0.05) is 25.5 Å². The van der Waals surface area contributed by atoms with E-state index in [0.29, 0.717) is 17.3 Å². The predicted octanol–water partition coefficient (Wildman–Crippen LogP) is 1.55. The Morgan fingerprint density at radius 3 is 2.76 bits per heavy atom. The highest BCUT2D eigenvalue weighted by molar-refractivity contribution is 6.02. The normalized spacial score (nSPS) is 13.7. The van der Waals surface area contributed by atoms with Crippen molar-refractivity contribution >= 4 is 28.4 Å². The number of H-pyrrole nitrogens is 1. The van der Waals surface area contributed by atoms with E-state index in [2.05, 4.69) is 15.4 Å². The first-order valence-electron chi connectivity index (χ1n) is 7.92. The summed E-state index contributed by atoms with van der Waals surface area (Å²) in [5.74, 6) is -1.71. The topological polar surface area (TPSA) is 117 Å². The van der Waals surface area contributed by atoms with Crippen LogP contribution < -0.4 is 10.9 Å². The Balaban J connectivity index is 2.09. The summed E-state index contributed by atoms with van der Waals surface area (Å²) in [5.41, 5.74) is -0.823. The average molecular weight is 342 g/mol. The fraction of sp³-hybridized carbons (Fsp3) is 0.294. The molecule has 1 atom stereocenters. The van der Waals surface area contributed by atoms with Crippen molar-refractivity contribution in [3.8, 4) is 0 Å². The van der Waals surface area contributed by atoms with E-state index in [1.54, 1.807) is 24.3 Å². The molecule has 1 aromatic carbocycles. The summed E-state index contributed by atoms with van der Waals surface area (Å²) < 4.78 is 1.46. The van der Waals surface area contributed by atoms with E-state index in [4.69, 9.17) is 0 Å². The van der Waals surface area contributed by atoms with Crippen molar-refractivity contribution in [2.24, 2.45) is 0 Å². The van der Waals surface area contributed by atoms with E-state index in [1.807, 2.05) is 6.92 Å². The van der Waals surface area contributed by atoms with Crippen LogP contribution in [0.5, 0.6) is 0 Å². The minimum absolute atomic E-state index is 0.117. The number of hydrogen-bond acceptors (Lipinski definition) is 4. The van der Waals surface area contributed by atoms with Gasteiger partial charge in [0.05, 0.1) is 17.1 Å². The van der Waals surface area contributed by atoms with Crippen LogP contribution in [0, 0.1) is 0 Å². The Labute approximate surface area is 142 Å². The Morgan fingerprint density at radius 1 is 1.36 bits per heavy atom. The van der Waals surface area contributed by atoms with Crippen molar-refractivity contribution in [1.82, 2.24) is 19.9 Å². The molecule has 130 valence electrons. The maximum Gasteiger partial charge on any atom is 0.329 e. The first-order chi connectivity index (χ1) is 11.9. The van der Waals surface area contributed by atoms with Gasteiger partial charge in [0.25, 0.3) is 11.5 Å². The molecule has 1 amide bonds. The molecule has 0 aliphatic carbocycles. The molecule has 8 heteroatoms. The number of nitrogens with zero attached hydrogens (tertiary/aromatic N) is 2. The van der Waals surface area contributed by atoms with Crippen LogP contribution in [0.1, 0.15) is 37.0 Å². The number of aromatic nitrogens is 3. The number of nitrogens with one attached hydrogen (secondary N) is 2. The van der Waals surface area contributed by atoms with E-state index >= 15 is 0 Å². The number of carbonyl (C=O) groups excluding carboxylic acids is 1. The molecule has 0 saturated heterocycles. The van der Waals surface area contributed by atoms with Gasteiger partial charge >= 0.3 is 5.97 Å². The molecular weight excluding hydrogens is 324 g/mol. The minimum Gasteiger partial charge on any atom is -0.480 e. The van der Waals surface area contributed by atoms with E-state index in [1.165, 1.54) is 17.6 Å². The molecule has 0 bridgehead atoms. The summed E-state index contributed by atoms with van der Waals surface area (Å²) in [6, 6.07) is 6.90. The Kier molecular flexibility index (Phi) is 4.03. The second-order valence-electron chi connectivity index (χ2n) is 6.13. The summed E-state index contributed by atoms with van der Waals surface area (Å²) in [6.45, 7) is 3.30. The molecule has 3 aromatic rings. The maximum absolute atomic E-state index is 12.6. The Bertz CT molecular complexity index is 1040. The number of carboxylic acids is 1. The van der Waals surface area contributed by atoms with Gasteiger partial charge in [-0.05, 0) is 25.5 Å². The lowest BCUT2D eigenvalue weighted by molar-refractivity contribution is -0.144. The van der Waals surface area contributed by atoms with Crippen molar-refractivity contribution in [3.05, 3.63) is 46.4 Å². The monoisotopic (exact) mass is 342 g/mol. The number of aliphatic carboxylic acids is 1. The highest BCUT2D eigenvalue weighted by Gasteiger charge is 2.34. The van der Waals surface area contributed by atoms with Crippen LogP contribution in [0.3, 0.4) is 0 Å². The van der Waals surface area contributed by atoms with Gasteiger partial charge in [0.15, 0.2) is 0 Å². The summed E-state index contributed by atoms with van der Waals surface area (Å²) in [5, 5.41) is 16.6. The van der Waals surface area contributed by atoms with E-state index in [9.17, 15) is 19.5 Å². The molecule has 8 nitrogen and oxygen atoms in total. The lowest BCUT2D eigenvalue weighted by Crippen LogP contribution is -2.52. The van der Waals surface area contributed by atoms with Gasteiger partial charge in [0, 0.05) is 0 Å². The van der Waals surface area contributed by atoms with Crippen molar-refractivity contribution in [3.63, 3.8) is 0 Å². The number of carbonyl (C=O) groups is 2. The molecule has 3 N–H and O–H groups in total. The SMILES string of the molecule is CCCC(C)(NC(=O)c1cnn2c1[nH]c(=O)c1ccccc12)C(=O)O. The van der Waals surface area contributed by atoms with Crippen LogP contribution >= 0.6 is 0 Å². The Hall–Kier alpha value is -3.16. The second-order valence-corrected chi connectivity index (χ2v) is 6.13. The van der Waals surface area contributed by atoms with Gasteiger partial charge in [-0.3, -0.25) is 9.59 Å². The number of aromatic amines is 1. The summed E-state index contributed by atoms with van der Waals surface area (Å²) in [7, 11) is 0. The lowest BCUT2D eigenvalue weighted by atomic mass is 9.96. The highest BCUT2D eigenvalue weighted by Crippen LogP contribution is 2.17. The molecule has 0 saturated carbocycles. The third-order valence-electron chi connectivity index (χ3n) is 4.23. The zero-order valence-electron chi connectivity index (χ0n) is 13.9. The zero-order chi connectivity index (χ0) is 18.2. The number of rotatable bonds is 5. The highest BCUT2D eigenvalue weighted by atomic mass is 16.4. The van der Waals surface area contributed by atoms with Crippen molar-refractivity contribution < 1.29 is 14.7 Å². The van der Waals surface area contributed by atoms with Crippen LogP contribution in [0.4, 0.5) is 0 Å². The van der Waals surface area contributed by atoms with Gasteiger partial charge in [-0.15, -0.1) is 0 Å². The number of carboxylic acid groups (broad SMARTS) is 1. The molecule has 0 spiro atoms. The molecule has 3 rings (SSSR count). The maximum atomic E-state index is 12.6. The van der Waals surface area contributed by atoms with Crippen LogP contribution in [0.15, 0.2) is 35.3 Å². The average Bonchev–Trinajstić information content (AvgIpc) is 2.99. The molecular formula is C17H18N4O4. The van der Waals surface area contributed by atoms with Crippen LogP contribution in [-0.4, -0.2) is 37.1 Å². The number of fused-ring (bicyclic) bond motifs is 3. The van der Waals surface area contributed by atoms with Gasteiger partial charge in [0.2, 0.25) is 0 Å². The zero-order valence-corrected chi connectivity index (χ0v) is 13.9. The molecule has 0 radical (unpaired) electrons. The van der Waals surface area contributed by atoms with Crippen molar-refractivity contribution in [2.45, 2.75) is 32.2 Å². The summed E-state index contributed by atoms with van der Waals surface area (Å²) in [4.78, 5) is 39.0. The van der Waals surface area contributed by atoms with E-state index in [0.717, 1.165) is 0 Å². The van der Waals surface area contributed by atoms with Crippen LogP contribution in [0.25, 0.3) is 16.6 Å². The molecule has 0 aliphatic rings. The molecule has 0 fully saturated rings. The van der Waals surface area contributed by atoms with Gasteiger partial charge in [-0.2, -0.15) is 5.10 Å². The number of hydrogen-bond donors (Lipinski definition) is 3. The molecule has 1 unspecified atom stereocenters. The smallest absolute Gasteiger partial charge is 0.329 e. The van der Waals surface area contributed by atoms with Gasteiger partial charge in [0.1, 0.15) is 16.7 Å². The fourth-order valence-corrected chi connectivity index (χ4v) is 2.88. The first kappa shape index (κ1) is 16.7. The molecule has 2 heterocycles. The van der Waals surface area contributed by atoms with Crippen molar-refractivity contribution in [1.29, 1.82) is 0 Å². The standard InChI is InChI=1S/C17H18N4O4/c1-3-8-17(2,16(24)25)20-15(23)11-9-18-21-12-7-5-4-6-10(12)14(22)19-13(11)21/h4-7,9H,3,8H2,1-2H3,(H,19,22)(H,20,23)(H,24,25). The second kappa shape index (κ2) is 6.04. The quantitative estimate of drug-likeness (QED) is 0.650. The first-order valence-corrected chi connectivity index (χ1v) is 7.92. The number of para-hydroxylation sites is 1. The third-order valence-corrected chi connectivity index (χ3v) is 4.23. The van der Waals surface area contributed by atoms with Crippen molar-refractivity contribution in [2.75, 3.05) is 0 Å². The predicted molar refractivity (Wildman–Crippen MR) is 91.7 cm³/mol. The molecule has 0 aliphatic heterocycles. The third kappa shape index (κ3) is 2.75. The van der Waals surface area contributed by atoms with E-state index < -0.39 is 17.4 Å². The largest absolute Gasteiger partial charge is 0.480 e. The van der Waals surface area contributed by atoms with Crippen LogP contribution in [-0.2, 0) is 4.79 Å². The number of amides is 1. The van der Waals surface area contributed by atoms with Gasteiger partial charge in [-0.25, -0.2) is 9.31 Å². The summed E-state index contributed by atoms with van der Waals surface area (Å²) >= 11 is 0. The minimum atomic E-state index is -1.39. The fourth-order valence-electron chi connectivity index (χ4n) is 2.88. The van der Waals surface area contributed by atoms with E-state index in [-0.39, 0.29) is 23.2 Å². The number of benzene rings is 1. The molecule has 25 heavy (non-hydrogen) atoms. The lowest BCUT2D eigenvalue weighted by Gasteiger charge is -2.25. The van der Waals surface area contributed by atoms with Gasteiger partial charge < -0.3 is 15.4 Å². The Morgan fingerprint density at radius 2 is 2.08 bits per heavy atom.